The van der Waals surface area contributed by atoms with Gasteiger partial charge in [0.1, 0.15) is 6.54 Å². The topological polar surface area (TPSA) is 57.2 Å². The van der Waals surface area contributed by atoms with Gasteiger partial charge in [0.05, 0.1) is 6.61 Å². The van der Waals surface area contributed by atoms with E-state index in [0.29, 0.717) is 5.41 Å². The molecule has 0 aromatic carbocycles. The highest BCUT2D eigenvalue weighted by Crippen LogP contribution is 2.38. The highest BCUT2D eigenvalue weighted by atomic mass is 16.5. The summed E-state index contributed by atoms with van der Waals surface area (Å²) in [5.74, 6) is 1.72. The third kappa shape index (κ3) is 4.87. The second-order valence-electron chi connectivity index (χ2n) is 8.29. The molecule has 3 fully saturated rings. The van der Waals surface area contributed by atoms with Gasteiger partial charge in [-0.15, -0.1) is 0 Å². The van der Waals surface area contributed by atoms with E-state index in [2.05, 4.69) is 15.2 Å². The van der Waals surface area contributed by atoms with E-state index < -0.39 is 0 Å². The first kappa shape index (κ1) is 18.5. The van der Waals surface area contributed by atoms with Gasteiger partial charge >= 0.3 is 0 Å². The van der Waals surface area contributed by atoms with Gasteiger partial charge in [-0.1, -0.05) is 19.3 Å². The van der Waals surface area contributed by atoms with Crippen LogP contribution in [0.3, 0.4) is 0 Å². The first-order valence-electron chi connectivity index (χ1n) is 9.89. The van der Waals surface area contributed by atoms with Crippen molar-refractivity contribution in [1.82, 2.24) is 15.1 Å². The van der Waals surface area contributed by atoms with Crippen molar-refractivity contribution in [2.75, 3.05) is 53.5 Å². The van der Waals surface area contributed by atoms with Gasteiger partial charge in [-0.25, -0.2) is 4.99 Å². The summed E-state index contributed by atoms with van der Waals surface area (Å²) in [7, 11) is 3.57. The zero-order valence-electron chi connectivity index (χ0n) is 15.9. The third-order valence-electron chi connectivity index (χ3n) is 6.06. The maximum Gasteiger partial charge on any atom is 0.243 e. The van der Waals surface area contributed by atoms with Gasteiger partial charge in [0, 0.05) is 45.8 Å². The van der Waals surface area contributed by atoms with Crippen LogP contribution in [-0.2, 0) is 9.53 Å². The Labute approximate surface area is 152 Å². The van der Waals surface area contributed by atoms with Crippen LogP contribution in [0.5, 0.6) is 0 Å². The lowest BCUT2D eigenvalue weighted by molar-refractivity contribution is -0.127. The Morgan fingerprint density at radius 2 is 2.08 bits per heavy atom. The maximum atomic E-state index is 12.0. The fraction of sp³-hybridized carbons (Fsp3) is 0.895. The van der Waals surface area contributed by atoms with E-state index >= 15 is 0 Å². The summed E-state index contributed by atoms with van der Waals surface area (Å²) in [5.41, 5.74) is 0.304. The fourth-order valence-electron chi connectivity index (χ4n) is 4.27. The molecular formula is C19H34N4O2. The Hall–Kier alpha value is -1.30. The van der Waals surface area contributed by atoms with Gasteiger partial charge in [-0.2, -0.15) is 0 Å². The molecule has 2 heterocycles. The minimum atomic E-state index is 0.0510. The summed E-state index contributed by atoms with van der Waals surface area (Å²) in [6, 6.07) is 0. The van der Waals surface area contributed by atoms with Crippen LogP contribution in [0, 0.1) is 11.3 Å². The molecule has 3 aliphatic rings. The first-order valence-corrected chi connectivity index (χ1v) is 9.89. The number of nitrogens with zero attached hydrogens (tertiary/aromatic N) is 3. The summed E-state index contributed by atoms with van der Waals surface area (Å²) in [5, 5.41) is 3.60. The number of amides is 1. The molecule has 0 radical (unpaired) electrons. The molecule has 1 aliphatic carbocycles. The Kier molecular flexibility index (Phi) is 6.20. The zero-order valence-corrected chi connectivity index (χ0v) is 15.9. The Morgan fingerprint density at radius 3 is 2.76 bits per heavy atom. The molecule has 1 atom stereocenters. The van der Waals surface area contributed by atoms with Crippen molar-refractivity contribution in [2.45, 2.75) is 44.9 Å². The van der Waals surface area contributed by atoms with Crippen LogP contribution in [0.4, 0.5) is 0 Å². The predicted molar refractivity (Wildman–Crippen MR) is 99.6 cm³/mol. The lowest BCUT2D eigenvalue weighted by Crippen LogP contribution is -2.44. The maximum absolute atomic E-state index is 12.0. The molecule has 6 heteroatoms. The molecule has 0 aromatic heterocycles. The highest BCUT2D eigenvalue weighted by Gasteiger charge is 2.42. The van der Waals surface area contributed by atoms with Crippen molar-refractivity contribution in [1.29, 1.82) is 0 Å². The number of likely N-dealkylation sites (N-methyl/N-ethyl adjacent to an activating group) is 1. The Morgan fingerprint density at radius 1 is 1.28 bits per heavy atom. The van der Waals surface area contributed by atoms with E-state index in [1.807, 2.05) is 0 Å². The number of hydrogen-bond acceptors (Lipinski definition) is 3. The van der Waals surface area contributed by atoms with E-state index in [-0.39, 0.29) is 12.5 Å². The molecule has 3 rings (SSSR count). The van der Waals surface area contributed by atoms with Gasteiger partial charge in [0.25, 0.3) is 0 Å². The molecule has 2 saturated heterocycles. The highest BCUT2D eigenvalue weighted by molar-refractivity contribution is 5.85. The van der Waals surface area contributed by atoms with Crippen LogP contribution >= 0.6 is 0 Å². The lowest BCUT2D eigenvalue weighted by Gasteiger charge is -2.28. The van der Waals surface area contributed by atoms with Gasteiger partial charge in [0.2, 0.25) is 5.91 Å². The molecule has 1 N–H and O–H groups in total. The monoisotopic (exact) mass is 350 g/mol. The summed E-state index contributed by atoms with van der Waals surface area (Å²) in [6.45, 7) is 4.97. The number of nitrogens with one attached hydrogen (secondary N) is 1. The summed E-state index contributed by atoms with van der Waals surface area (Å²) in [4.78, 5) is 20.6. The van der Waals surface area contributed by atoms with Gasteiger partial charge in [-0.3, -0.25) is 4.79 Å². The second-order valence-corrected chi connectivity index (χ2v) is 8.29. The summed E-state index contributed by atoms with van der Waals surface area (Å²) >= 11 is 0. The van der Waals surface area contributed by atoms with E-state index in [0.717, 1.165) is 51.1 Å². The van der Waals surface area contributed by atoms with Crippen molar-refractivity contribution in [3.8, 4) is 0 Å². The van der Waals surface area contributed by atoms with Crippen LogP contribution in [0.25, 0.3) is 0 Å². The lowest BCUT2D eigenvalue weighted by atomic mass is 9.87. The van der Waals surface area contributed by atoms with Crippen molar-refractivity contribution in [3.05, 3.63) is 0 Å². The molecule has 142 valence electrons. The number of carbonyl (C=O) groups is 1. The fourth-order valence-corrected chi connectivity index (χ4v) is 4.27. The number of ether oxygens (including phenoxy) is 1. The second kappa shape index (κ2) is 8.39. The van der Waals surface area contributed by atoms with Gasteiger partial charge < -0.3 is 19.9 Å². The minimum Gasteiger partial charge on any atom is -0.381 e. The summed E-state index contributed by atoms with van der Waals surface area (Å²) < 4.78 is 5.65. The molecule has 1 saturated carbocycles. The number of carbonyl (C=O) groups excluding carboxylic acids is 1. The standard InChI is InChI=1S/C19H34N4O2/c1-22(2)17(24)13-21-18(20-12-16-6-4-3-5-7-16)23-10-8-19(14-23)9-11-25-15-19/h16H,3-15H2,1-2H3,(H,20,21). The van der Waals surface area contributed by atoms with E-state index in [1.165, 1.54) is 38.5 Å². The number of rotatable bonds is 4. The third-order valence-corrected chi connectivity index (χ3v) is 6.06. The SMILES string of the molecule is CN(C)C(=O)CN=C(NCC1CCCCC1)N1CCC2(CCOC2)C1. The molecule has 1 unspecified atom stereocenters. The normalized spacial score (nSPS) is 27.9. The minimum absolute atomic E-state index is 0.0510. The van der Waals surface area contributed by atoms with Crippen LogP contribution in [0.2, 0.25) is 0 Å². The van der Waals surface area contributed by atoms with Crippen LogP contribution in [-0.4, -0.2) is 75.2 Å². The molecule has 0 aromatic rings. The van der Waals surface area contributed by atoms with Crippen molar-refractivity contribution in [3.63, 3.8) is 0 Å². The molecule has 6 nitrogen and oxygen atoms in total. The van der Waals surface area contributed by atoms with Crippen molar-refractivity contribution < 1.29 is 9.53 Å². The Balaban J connectivity index is 1.61. The quantitative estimate of drug-likeness (QED) is 0.619. The van der Waals surface area contributed by atoms with E-state index in [4.69, 9.17) is 4.74 Å². The number of aliphatic imine (C=N–C) groups is 1. The Bertz CT molecular complexity index is 480. The zero-order chi connectivity index (χ0) is 17.7. The molecule has 2 aliphatic heterocycles. The van der Waals surface area contributed by atoms with Crippen molar-refractivity contribution in [2.24, 2.45) is 16.3 Å². The number of hydrogen-bond donors (Lipinski definition) is 1. The van der Waals surface area contributed by atoms with Crippen LogP contribution in [0.15, 0.2) is 4.99 Å². The number of likely N-dealkylation sites (tertiary alicyclic amines) is 1. The van der Waals surface area contributed by atoms with E-state index in [9.17, 15) is 4.79 Å². The number of guanidine groups is 1. The molecule has 1 amide bonds. The molecule has 0 bridgehead atoms. The average molecular weight is 351 g/mol. The van der Waals surface area contributed by atoms with Gasteiger partial charge in [0.15, 0.2) is 5.96 Å². The van der Waals surface area contributed by atoms with Crippen LogP contribution in [0.1, 0.15) is 44.9 Å². The average Bonchev–Trinajstić information content (AvgIpc) is 3.25. The molecular weight excluding hydrogens is 316 g/mol. The van der Waals surface area contributed by atoms with E-state index in [1.54, 1.807) is 19.0 Å². The van der Waals surface area contributed by atoms with Crippen LogP contribution < -0.4 is 5.32 Å². The molecule has 1 spiro atoms. The van der Waals surface area contributed by atoms with Crippen molar-refractivity contribution >= 4 is 11.9 Å². The smallest absolute Gasteiger partial charge is 0.243 e. The largest absolute Gasteiger partial charge is 0.381 e. The predicted octanol–water partition coefficient (Wildman–Crippen LogP) is 1.71. The van der Waals surface area contributed by atoms with Gasteiger partial charge in [-0.05, 0) is 31.6 Å². The summed E-state index contributed by atoms with van der Waals surface area (Å²) in [6.07, 6.45) is 9.02. The first-order chi connectivity index (χ1) is 12.1. The molecule has 25 heavy (non-hydrogen) atoms.